The maximum Gasteiger partial charge on any atom is 0.166 e. The topological polar surface area (TPSA) is 0 Å². The molecule has 0 saturated carbocycles. The number of rotatable bonds is 3. The van der Waals surface area contributed by atoms with E-state index >= 15 is 0 Å². The highest BCUT2D eigenvalue weighted by Crippen LogP contribution is 2.32. The lowest BCUT2D eigenvalue weighted by atomic mass is 10.4. The Morgan fingerprint density at radius 2 is 0.864 bits per heavy atom. The van der Waals surface area contributed by atoms with Crippen LogP contribution in [0.1, 0.15) is 0 Å². The smallest absolute Gasteiger partial charge is 0.0508 e. The second-order valence-electron chi connectivity index (χ2n) is 4.67. The van der Waals surface area contributed by atoms with Crippen LogP contribution in [0.15, 0.2) is 96.4 Å². The molecule has 0 aliphatic rings. The van der Waals surface area contributed by atoms with Gasteiger partial charge in [-0.25, -0.2) is 0 Å². The van der Waals surface area contributed by atoms with Crippen molar-refractivity contribution >= 4 is 65.3 Å². The summed E-state index contributed by atoms with van der Waals surface area (Å²) < 4.78 is 3.48. The zero-order valence-electron chi connectivity index (χ0n) is 11.5. The molecular formula is C18H12Br2IS+. The third kappa shape index (κ3) is 3.96. The molecule has 0 amide bonds. The predicted molar refractivity (Wildman–Crippen MR) is 110 cm³/mol. The van der Waals surface area contributed by atoms with Crippen molar-refractivity contribution in [3.63, 3.8) is 0 Å². The fourth-order valence-corrected chi connectivity index (χ4v) is 5.05. The first-order chi connectivity index (χ1) is 10.6. The predicted octanol–water partition coefficient (Wildman–Crippen LogP) is 6.91. The van der Waals surface area contributed by atoms with E-state index in [0.29, 0.717) is 0 Å². The maximum atomic E-state index is 3.52. The zero-order valence-corrected chi connectivity index (χ0v) is 17.6. The Labute approximate surface area is 164 Å². The molecule has 4 heteroatoms. The van der Waals surface area contributed by atoms with Gasteiger partial charge in [-0.05, 0) is 95.4 Å². The van der Waals surface area contributed by atoms with Gasteiger partial charge in [-0.15, -0.1) is 0 Å². The molecule has 0 nitrogen and oxygen atoms in total. The summed E-state index contributed by atoms with van der Waals surface area (Å²) in [6.45, 7) is 0. The van der Waals surface area contributed by atoms with Gasteiger partial charge in [0.05, 0.1) is 10.9 Å². The van der Waals surface area contributed by atoms with Gasteiger partial charge in [0, 0.05) is 12.5 Å². The molecule has 0 fully saturated rings. The molecule has 0 spiro atoms. The van der Waals surface area contributed by atoms with Gasteiger partial charge in [-0.2, -0.15) is 0 Å². The molecule has 0 radical (unpaired) electrons. The number of benzene rings is 3. The molecule has 0 aliphatic heterocycles. The van der Waals surface area contributed by atoms with Gasteiger partial charge in [0.1, 0.15) is 0 Å². The van der Waals surface area contributed by atoms with Gasteiger partial charge in [-0.1, -0.05) is 31.9 Å². The molecule has 110 valence electrons. The van der Waals surface area contributed by atoms with Crippen LogP contribution in [-0.2, 0) is 10.9 Å². The lowest BCUT2D eigenvalue weighted by molar-refractivity contribution is 1.30. The minimum absolute atomic E-state index is 0.0844. The Hall–Kier alpha value is -0.300. The average molecular weight is 547 g/mol. The molecule has 0 heterocycles. The van der Waals surface area contributed by atoms with E-state index in [2.05, 4.69) is 127 Å². The van der Waals surface area contributed by atoms with Crippen molar-refractivity contribution in [3.8, 4) is 0 Å². The van der Waals surface area contributed by atoms with Crippen LogP contribution in [-0.4, -0.2) is 0 Å². The standard InChI is InChI=1S/C18H12Br2IS/c19-13-1-7-16(8-2-13)22(17-9-3-14(20)4-10-17)18-11-5-15(21)6-12-18/h1-12H/q+1. The van der Waals surface area contributed by atoms with Crippen molar-refractivity contribution in [2.75, 3.05) is 0 Å². The summed E-state index contributed by atoms with van der Waals surface area (Å²) in [5, 5.41) is 0. The van der Waals surface area contributed by atoms with E-state index in [-0.39, 0.29) is 10.9 Å². The van der Waals surface area contributed by atoms with Gasteiger partial charge in [0.2, 0.25) is 0 Å². The molecule has 22 heavy (non-hydrogen) atoms. The highest BCUT2D eigenvalue weighted by atomic mass is 127. The van der Waals surface area contributed by atoms with Crippen LogP contribution in [0.5, 0.6) is 0 Å². The van der Waals surface area contributed by atoms with Crippen LogP contribution in [0, 0.1) is 3.57 Å². The van der Waals surface area contributed by atoms with Gasteiger partial charge in [0.15, 0.2) is 14.7 Å². The van der Waals surface area contributed by atoms with Crippen molar-refractivity contribution < 1.29 is 0 Å². The van der Waals surface area contributed by atoms with E-state index in [4.69, 9.17) is 0 Å². The number of hydrogen-bond acceptors (Lipinski definition) is 0. The third-order valence-corrected chi connectivity index (χ3v) is 7.16. The summed E-state index contributed by atoms with van der Waals surface area (Å²) in [4.78, 5) is 3.99. The fraction of sp³-hybridized carbons (Fsp3) is 0. The fourth-order valence-electron chi connectivity index (χ4n) is 2.12. The average Bonchev–Trinajstić information content (AvgIpc) is 2.53. The van der Waals surface area contributed by atoms with Gasteiger partial charge in [0.25, 0.3) is 0 Å². The largest absolute Gasteiger partial charge is 0.166 e. The Morgan fingerprint density at radius 3 is 1.23 bits per heavy atom. The molecule has 0 bridgehead atoms. The summed E-state index contributed by atoms with van der Waals surface area (Å²) in [6, 6.07) is 26.1. The van der Waals surface area contributed by atoms with Crippen molar-refractivity contribution in [2.24, 2.45) is 0 Å². The molecule has 3 aromatic rings. The minimum Gasteiger partial charge on any atom is -0.0508 e. The van der Waals surface area contributed by atoms with Crippen molar-refractivity contribution in [1.82, 2.24) is 0 Å². The number of halogens is 3. The second kappa shape index (κ2) is 7.51. The Morgan fingerprint density at radius 1 is 0.545 bits per heavy atom. The summed E-state index contributed by atoms with van der Waals surface area (Å²) in [5.41, 5.74) is 0. The van der Waals surface area contributed by atoms with Gasteiger partial charge >= 0.3 is 0 Å². The van der Waals surface area contributed by atoms with Crippen molar-refractivity contribution in [3.05, 3.63) is 85.3 Å². The minimum atomic E-state index is -0.0844. The summed E-state index contributed by atoms with van der Waals surface area (Å²) >= 11 is 9.39. The lowest BCUT2D eigenvalue weighted by Crippen LogP contribution is -2.04. The Balaban J connectivity index is 2.10. The molecule has 0 atom stereocenters. The lowest BCUT2D eigenvalue weighted by Gasteiger charge is -2.08. The van der Waals surface area contributed by atoms with Crippen LogP contribution in [0.25, 0.3) is 0 Å². The highest BCUT2D eigenvalue weighted by Gasteiger charge is 2.28. The monoisotopic (exact) mass is 545 g/mol. The Kier molecular flexibility index (Phi) is 5.65. The van der Waals surface area contributed by atoms with Crippen LogP contribution in [0.3, 0.4) is 0 Å². The van der Waals surface area contributed by atoms with Crippen LogP contribution in [0.2, 0.25) is 0 Å². The molecule has 0 N–H and O–H groups in total. The van der Waals surface area contributed by atoms with Gasteiger partial charge in [-0.3, -0.25) is 0 Å². The normalized spacial score (nSPS) is 10.9. The van der Waals surface area contributed by atoms with E-state index in [1.807, 2.05) is 0 Å². The molecule has 0 aromatic heterocycles. The molecule has 3 rings (SSSR count). The van der Waals surface area contributed by atoms with E-state index < -0.39 is 0 Å². The van der Waals surface area contributed by atoms with E-state index in [9.17, 15) is 0 Å². The molecule has 0 aliphatic carbocycles. The Bertz CT molecular complexity index is 644. The molecule has 3 aromatic carbocycles. The number of hydrogen-bond donors (Lipinski definition) is 0. The van der Waals surface area contributed by atoms with Crippen LogP contribution >= 0.6 is 54.5 Å². The first kappa shape index (κ1) is 16.6. The van der Waals surface area contributed by atoms with Crippen molar-refractivity contribution in [2.45, 2.75) is 14.7 Å². The quantitative estimate of drug-likeness (QED) is 0.247. The van der Waals surface area contributed by atoms with E-state index in [0.717, 1.165) is 8.95 Å². The molecular weight excluding hydrogens is 535 g/mol. The molecule has 0 unspecified atom stereocenters. The van der Waals surface area contributed by atoms with Crippen LogP contribution < -0.4 is 0 Å². The third-order valence-electron chi connectivity index (χ3n) is 3.15. The van der Waals surface area contributed by atoms with Crippen molar-refractivity contribution in [1.29, 1.82) is 0 Å². The summed E-state index contributed by atoms with van der Waals surface area (Å²) in [5.74, 6) is 0. The van der Waals surface area contributed by atoms with Crippen LogP contribution in [0.4, 0.5) is 0 Å². The first-order valence-corrected chi connectivity index (χ1v) is 10.5. The van der Waals surface area contributed by atoms with E-state index in [1.54, 1.807) is 0 Å². The highest BCUT2D eigenvalue weighted by molar-refractivity contribution is 14.1. The summed E-state index contributed by atoms with van der Waals surface area (Å²) in [6.07, 6.45) is 0. The SMILES string of the molecule is Brc1ccc([S+](c2ccc(Br)cc2)c2ccc(I)cc2)cc1. The van der Waals surface area contributed by atoms with Gasteiger partial charge < -0.3 is 0 Å². The van der Waals surface area contributed by atoms with E-state index in [1.165, 1.54) is 18.3 Å². The summed E-state index contributed by atoms with van der Waals surface area (Å²) in [7, 11) is -0.0844. The first-order valence-electron chi connectivity index (χ1n) is 6.64. The maximum absolute atomic E-state index is 3.52. The molecule has 0 saturated heterocycles. The second-order valence-corrected chi connectivity index (χ2v) is 9.77. The zero-order chi connectivity index (χ0) is 15.5.